The van der Waals surface area contributed by atoms with Gasteiger partial charge in [0.05, 0.1) is 12.1 Å². The number of aliphatic hydroxyl groups excluding tert-OH is 1. The summed E-state index contributed by atoms with van der Waals surface area (Å²) in [4.78, 5) is 25.3. The lowest BCUT2D eigenvalue weighted by Crippen LogP contribution is -2.46. The van der Waals surface area contributed by atoms with Gasteiger partial charge < -0.3 is 31.1 Å². The minimum atomic E-state index is -0.910. The fourth-order valence-corrected chi connectivity index (χ4v) is 6.78. The third-order valence-electron chi connectivity index (χ3n) is 10.4. The first-order chi connectivity index (χ1) is 26.5. The summed E-state index contributed by atoms with van der Waals surface area (Å²) in [6.45, 7) is 11.2. The average molecular weight is 765 g/mol. The minimum absolute atomic E-state index is 0.0648. The van der Waals surface area contributed by atoms with Gasteiger partial charge in [0.15, 0.2) is 0 Å². The fraction of sp³-hybridized carbons (Fsp3) is 0.913. The molecule has 0 aliphatic rings. The Kier molecular flexibility index (Phi) is 42.7. The molecule has 0 heterocycles. The number of unbranched alkanes of at least 4 members (excludes halogenated alkanes) is 25. The van der Waals surface area contributed by atoms with Crippen LogP contribution in [0, 0.1) is 0 Å². The highest BCUT2D eigenvalue weighted by Crippen LogP contribution is 2.14. The number of carbonyl (C=O) groups is 2. The molecule has 8 nitrogen and oxygen atoms in total. The van der Waals surface area contributed by atoms with Gasteiger partial charge in [0.2, 0.25) is 5.91 Å². The highest BCUT2D eigenvalue weighted by Gasteiger charge is 2.21. The van der Waals surface area contributed by atoms with Crippen LogP contribution < -0.4 is 21.3 Å². The van der Waals surface area contributed by atoms with Crippen molar-refractivity contribution in [3.8, 4) is 0 Å². The molecule has 0 aliphatic heterocycles. The monoisotopic (exact) mass is 765 g/mol. The molecule has 0 radical (unpaired) electrons. The second-order valence-corrected chi connectivity index (χ2v) is 15.8. The van der Waals surface area contributed by atoms with Gasteiger partial charge in [0.25, 0.3) is 0 Å². The van der Waals surface area contributed by atoms with Crippen LogP contribution in [0.15, 0.2) is 12.2 Å². The Bertz CT molecular complexity index is 812. The number of hydrogen-bond donors (Lipinski definition) is 5. The van der Waals surface area contributed by atoms with E-state index in [0.29, 0.717) is 13.0 Å². The maximum Gasteiger partial charge on any atom is 0.407 e. The number of nitrogens with one attached hydrogen (secondary N) is 4. The molecule has 0 spiro atoms. The third-order valence-corrected chi connectivity index (χ3v) is 10.4. The smallest absolute Gasteiger partial charge is 0.407 e. The molecular formula is C46H92N4O4. The van der Waals surface area contributed by atoms with Gasteiger partial charge in [-0.15, -0.1) is 0 Å². The van der Waals surface area contributed by atoms with E-state index in [1.807, 2.05) is 6.08 Å². The van der Waals surface area contributed by atoms with Gasteiger partial charge in [0, 0.05) is 13.0 Å². The summed E-state index contributed by atoms with van der Waals surface area (Å²) in [6.07, 6.45) is 40.1. The molecule has 8 heteroatoms. The Hall–Kier alpha value is -1.64. The molecule has 0 aromatic carbocycles. The van der Waals surface area contributed by atoms with Crippen LogP contribution in [0.25, 0.3) is 0 Å². The molecule has 0 saturated heterocycles. The van der Waals surface area contributed by atoms with E-state index in [0.717, 1.165) is 71.1 Å². The lowest BCUT2D eigenvalue weighted by Gasteiger charge is -2.22. The van der Waals surface area contributed by atoms with Crippen LogP contribution in [0.1, 0.15) is 220 Å². The van der Waals surface area contributed by atoms with Crippen molar-refractivity contribution in [3.05, 3.63) is 12.2 Å². The number of alkyl carbamates (subject to hydrolysis) is 1. The van der Waals surface area contributed by atoms with Crippen molar-refractivity contribution in [3.63, 3.8) is 0 Å². The highest BCUT2D eigenvalue weighted by atomic mass is 16.5. The zero-order chi connectivity index (χ0) is 39.4. The molecule has 2 amide bonds. The van der Waals surface area contributed by atoms with Crippen molar-refractivity contribution < 1.29 is 19.4 Å². The van der Waals surface area contributed by atoms with Crippen molar-refractivity contribution in [2.24, 2.45) is 0 Å². The number of hydrogen-bond acceptors (Lipinski definition) is 6. The van der Waals surface area contributed by atoms with Crippen molar-refractivity contribution >= 4 is 12.0 Å². The molecule has 0 unspecified atom stereocenters. The summed E-state index contributed by atoms with van der Waals surface area (Å²) in [6, 6.07) is -0.670. The average Bonchev–Trinajstić information content (AvgIpc) is 3.17. The molecule has 0 saturated carbocycles. The predicted octanol–water partition coefficient (Wildman–Crippen LogP) is 11.4. The first-order valence-corrected chi connectivity index (χ1v) is 23.5. The maximum absolute atomic E-state index is 12.9. The zero-order valence-corrected chi connectivity index (χ0v) is 36.1. The van der Waals surface area contributed by atoms with Crippen LogP contribution in [0.3, 0.4) is 0 Å². The van der Waals surface area contributed by atoms with E-state index in [1.165, 1.54) is 148 Å². The summed E-state index contributed by atoms with van der Waals surface area (Å²) in [5.41, 5.74) is 0. The molecule has 0 aromatic heterocycles. The van der Waals surface area contributed by atoms with Gasteiger partial charge >= 0.3 is 6.09 Å². The molecule has 2 atom stereocenters. The summed E-state index contributed by atoms with van der Waals surface area (Å²) in [5.74, 6) is -0.0901. The van der Waals surface area contributed by atoms with Crippen LogP contribution >= 0.6 is 0 Å². The minimum Gasteiger partial charge on any atom is -0.447 e. The number of amides is 2. The molecule has 0 rings (SSSR count). The standard InChI is InChI=1S/C46H92N4O4/c1-4-7-10-12-14-16-18-20-22-24-26-28-30-35-44(51)43(42-54-46(53)49-41-34-40-48-39-33-32-38-47-37-9-6-3)50-45(52)36-31-29-27-25-23-21-19-17-15-13-11-8-5-2/h30,35,43-44,47-48,51H,4-29,31-34,36-42H2,1-3H3,(H,49,53)(H,50,52)/b35-30+/t43-,44+/m0/s1. The summed E-state index contributed by atoms with van der Waals surface area (Å²) in [5, 5.41) is 23.7. The first-order valence-electron chi connectivity index (χ1n) is 23.5. The Balaban J connectivity index is 4.40. The molecular weight excluding hydrogens is 673 g/mol. The van der Waals surface area contributed by atoms with E-state index in [2.05, 4.69) is 42.0 Å². The van der Waals surface area contributed by atoms with Gasteiger partial charge in [0.1, 0.15) is 6.61 Å². The van der Waals surface area contributed by atoms with E-state index in [1.54, 1.807) is 6.08 Å². The van der Waals surface area contributed by atoms with E-state index < -0.39 is 18.2 Å². The Morgan fingerprint density at radius 3 is 1.44 bits per heavy atom. The van der Waals surface area contributed by atoms with Crippen LogP contribution in [0.2, 0.25) is 0 Å². The van der Waals surface area contributed by atoms with Crippen LogP contribution in [0.5, 0.6) is 0 Å². The third kappa shape index (κ3) is 40.0. The molecule has 0 bridgehead atoms. The SMILES string of the molecule is CCCCCCCCCCCCC/C=C/[C@@H](O)[C@H](COC(=O)NCCCNCCCCNCCCC)NC(=O)CCCCCCCCCCCCCCC. The highest BCUT2D eigenvalue weighted by molar-refractivity contribution is 5.76. The molecule has 0 aromatic rings. The first kappa shape index (κ1) is 52.4. The van der Waals surface area contributed by atoms with Crippen molar-refractivity contribution in [2.75, 3.05) is 39.3 Å². The number of ether oxygens (including phenoxy) is 1. The maximum atomic E-state index is 12.9. The Morgan fingerprint density at radius 2 is 0.944 bits per heavy atom. The second-order valence-electron chi connectivity index (χ2n) is 15.8. The predicted molar refractivity (Wildman–Crippen MR) is 232 cm³/mol. The lowest BCUT2D eigenvalue weighted by atomic mass is 10.0. The number of rotatable bonds is 43. The van der Waals surface area contributed by atoms with Gasteiger partial charge in [-0.3, -0.25) is 4.79 Å². The van der Waals surface area contributed by atoms with E-state index in [4.69, 9.17) is 4.74 Å². The van der Waals surface area contributed by atoms with Crippen molar-refractivity contribution in [1.29, 1.82) is 0 Å². The molecule has 0 aliphatic carbocycles. The van der Waals surface area contributed by atoms with Crippen LogP contribution in [0.4, 0.5) is 4.79 Å². The quantitative estimate of drug-likeness (QED) is 0.0312. The Morgan fingerprint density at radius 1 is 0.519 bits per heavy atom. The summed E-state index contributed by atoms with van der Waals surface area (Å²) in [7, 11) is 0. The van der Waals surface area contributed by atoms with Crippen molar-refractivity contribution in [1.82, 2.24) is 21.3 Å². The fourth-order valence-electron chi connectivity index (χ4n) is 6.78. The lowest BCUT2D eigenvalue weighted by molar-refractivity contribution is -0.123. The van der Waals surface area contributed by atoms with Gasteiger partial charge in [-0.25, -0.2) is 4.79 Å². The van der Waals surface area contributed by atoms with Gasteiger partial charge in [-0.05, 0) is 71.1 Å². The largest absolute Gasteiger partial charge is 0.447 e. The topological polar surface area (TPSA) is 112 Å². The van der Waals surface area contributed by atoms with Gasteiger partial charge in [-0.1, -0.05) is 181 Å². The van der Waals surface area contributed by atoms with E-state index in [-0.39, 0.29) is 12.5 Å². The number of aliphatic hydroxyl groups is 1. The van der Waals surface area contributed by atoms with Crippen LogP contribution in [-0.4, -0.2) is 68.6 Å². The zero-order valence-electron chi connectivity index (χ0n) is 36.1. The second kappa shape index (κ2) is 44.1. The normalized spacial score (nSPS) is 12.7. The molecule has 320 valence electrons. The Labute approximate surface area is 335 Å². The number of carbonyl (C=O) groups excluding carboxylic acids is 2. The summed E-state index contributed by atoms with van der Waals surface area (Å²) >= 11 is 0. The summed E-state index contributed by atoms with van der Waals surface area (Å²) < 4.78 is 5.48. The van der Waals surface area contributed by atoms with Crippen LogP contribution in [-0.2, 0) is 9.53 Å². The van der Waals surface area contributed by atoms with Gasteiger partial charge in [-0.2, -0.15) is 0 Å². The number of allylic oxidation sites excluding steroid dienone is 1. The van der Waals surface area contributed by atoms with E-state index >= 15 is 0 Å². The molecule has 0 fully saturated rings. The van der Waals surface area contributed by atoms with E-state index in [9.17, 15) is 14.7 Å². The van der Waals surface area contributed by atoms with Crippen molar-refractivity contribution in [2.45, 2.75) is 232 Å². The molecule has 5 N–H and O–H groups in total. The molecule has 54 heavy (non-hydrogen) atoms.